The molecule has 0 saturated heterocycles. The Morgan fingerprint density at radius 2 is 1.79 bits per heavy atom. The Hall–Kier alpha value is -1.19. The lowest BCUT2D eigenvalue weighted by Gasteiger charge is -2.06. The lowest BCUT2D eigenvalue weighted by atomic mass is 10.0. The molecule has 80 valence electrons. The van der Waals surface area contributed by atoms with E-state index >= 15 is 0 Å². The van der Waals surface area contributed by atoms with Gasteiger partial charge < -0.3 is 5.32 Å². The van der Waals surface area contributed by atoms with Crippen molar-refractivity contribution >= 4 is 17.5 Å². The number of hydrogen-bond acceptors (Lipinski definition) is 3. The van der Waals surface area contributed by atoms with Crippen molar-refractivity contribution in [2.24, 2.45) is 5.92 Å². The lowest BCUT2D eigenvalue weighted by Crippen LogP contribution is -2.28. The molecule has 4 heteroatoms. The van der Waals surface area contributed by atoms with Gasteiger partial charge in [0.05, 0.1) is 6.54 Å². The number of rotatable bonds is 6. The van der Waals surface area contributed by atoms with Gasteiger partial charge in [0.1, 0.15) is 11.6 Å². The fraction of sp³-hybridized carbons (Fsp3) is 0.700. The molecule has 0 aliphatic carbocycles. The van der Waals surface area contributed by atoms with E-state index in [2.05, 4.69) is 5.32 Å². The largest absolute Gasteiger partial charge is 0.349 e. The highest BCUT2D eigenvalue weighted by Crippen LogP contribution is 2.05. The van der Waals surface area contributed by atoms with Gasteiger partial charge in [0, 0.05) is 12.3 Å². The molecule has 0 aliphatic heterocycles. The Labute approximate surface area is 84.1 Å². The molecule has 1 N–H and O–H groups in total. The van der Waals surface area contributed by atoms with Crippen molar-refractivity contribution in [2.75, 3.05) is 6.54 Å². The maximum atomic E-state index is 11.1. The third kappa shape index (κ3) is 6.34. The standard InChI is InChI=1S/C10H17NO3/c1-7(9(3)13)4-5-10(14)11-6-8(2)12/h7H,4-6H2,1-3H3,(H,11,14)/t7-/m0/s1. The molecule has 0 saturated carbocycles. The van der Waals surface area contributed by atoms with Gasteiger partial charge in [0.25, 0.3) is 0 Å². The van der Waals surface area contributed by atoms with Crippen LogP contribution in [0.4, 0.5) is 0 Å². The van der Waals surface area contributed by atoms with E-state index in [-0.39, 0.29) is 29.9 Å². The molecule has 1 amide bonds. The molecule has 0 fully saturated rings. The van der Waals surface area contributed by atoms with Crippen molar-refractivity contribution in [3.8, 4) is 0 Å². The fourth-order valence-electron chi connectivity index (χ4n) is 0.862. The number of carbonyl (C=O) groups excluding carboxylic acids is 3. The van der Waals surface area contributed by atoms with Crippen molar-refractivity contribution in [2.45, 2.75) is 33.6 Å². The van der Waals surface area contributed by atoms with Crippen molar-refractivity contribution in [3.05, 3.63) is 0 Å². The van der Waals surface area contributed by atoms with Crippen LogP contribution in [0.15, 0.2) is 0 Å². The minimum atomic E-state index is -0.173. The number of nitrogens with one attached hydrogen (secondary N) is 1. The minimum absolute atomic E-state index is 0.0713. The van der Waals surface area contributed by atoms with Crippen LogP contribution in [-0.4, -0.2) is 24.0 Å². The Kier molecular flexibility index (Phi) is 5.76. The second-order valence-corrected chi connectivity index (χ2v) is 3.53. The van der Waals surface area contributed by atoms with E-state index in [1.165, 1.54) is 13.8 Å². The van der Waals surface area contributed by atoms with Crippen LogP contribution in [-0.2, 0) is 14.4 Å². The average molecular weight is 199 g/mol. The highest BCUT2D eigenvalue weighted by molar-refractivity contribution is 5.85. The Bertz CT molecular complexity index is 236. The van der Waals surface area contributed by atoms with Gasteiger partial charge in [0.15, 0.2) is 0 Å². The molecule has 1 atom stereocenters. The van der Waals surface area contributed by atoms with Crippen LogP contribution in [0, 0.1) is 5.92 Å². The summed E-state index contributed by atoms with van der Waals surface area (Å²) in [6.45, 7) is 4.80. The average Bonchev–Trinajstić information content (AvgIpc) is 2.10. The van der Waals surface area contributed by atoms with Gasteiger partial charge in [0.2, 0.25) is 5.91 Å². The summed E-state index contributed by atoms with van der Waals surface area (Å²) in [5.74, 6) is -0.242. The van der Waals surface area contributed by atoms with Crippen molar-refractivity contribution in [3.63, 3.8) is 0 Å². The maximum absolute atomic E-state index is 11.1. The van der Waals surface area contributed by atoms with E-state index in [4.69, 9.17) is 0 Å². The SMILES string of the molecule is CC(=O)CNC(=O)CC[C@H](C)C(C)=O. The zero-order valence-electron chi connectivity index (χ0n) is 8.92. The van der Waals surface area contributed by atoms with Crippen LogP contribution in [0.3, 0.4) is 0 Å². The van der Waals surface area contributed by atoms with Crippen LogP contribution in [0.5, 0.6) is 0 Å². The zero-order chi connectivity index (χ0) is 11.1. The monoisotopic (exact) mass is 199 g/mol. The van der Waals surface area contributed by atoms with Gasteiger partial charge in [-0.2, -0.15) is 0 Å². The minimum Gasteiger partial charge on any atom is -0.349 e. The first kappa shape index (κ1) is 12.8. The quantitative estimate of drug-likeness (QED) is 0.684. The predicted octanol–water partition coefficient (Wildman–Crippen LogP) is 0.697. The molecule has 0 rings (SSSR count). The molecule has 0 bridgehead atoms. The fourth-order valence-corrected chi connectivity index (χ4v) is 0.862. The van der Waals surface area contributed by atoms with E-state index < -0.39 is 0 Å². The molecular weight excluding hydrogens is 182 g/mol. The van der Waals surface area contributed by atoms with Gasteiger partial charge in [-0.3, -0.25) is 14.4 Å². The predicted molar refractivity (Wildman–Crippen MR) is 52.8 cm³/mol. The molecule has 0 aromatic rings. The summed E-state index contributed by atoms with van der Waals surface area (Å²) < 4.78 is 0. The first-order valence-corrected chi connectivity index (χ1v) is 4.70. The first-order valence-electron chi connectivity index (χ1n) is 4.70. The molecular formula is C10H17NO3. The highest BCUT2D eigenvalue weighted by atomic mass is 16.2. The van der Waals surface area contributed by atoms with Crippen LogP contribution < -0.4 is 5.32 Å². The van der Waals surface area contributed by atoms with E-state index in [9.17, 15) is 14.4 Å². The second-order valence-electron chi connectivity index (χ2n) is 3.53. The molecule has 0 aromatic carbocycles. The van der Waals surface area contributed by atoms with Gasteiger partial charge in [-0.05, 0) is 20.3 Å². The summed E-state index contributed by atoms with van der Waals surface area (Å²) in [6, 6.07) is 0. The molecule has 14 heavy (non-hydrogen) atoms. The van der Waals surface area contributed by atoms with Crippen LogP contribution >= 0.6 is 0 Å². The zero-order valence-corrected chi connectivity index (χ0v) is 8.92. The molecule has 0 spiro atoms. The first-order chi connectivity index (χ1) is 6.43. The van der Waals surface area contributed by atoms with E-state index in [1.807, 2.05) is 0 Å². The van der Waals surface area contributed by atoms with Gasteiger partial charge in [-0.1, -0.05) is 6.92 Å². The van der Waals surface area contributed by atoms with Gasteiger partial charge in [-0.15, -0.1) is 0 Å². The highest BCUT2D eigenvalue weighted by Gasteiger charge is 2.10. The third-order valence-corrected chi connectivity index (χ3v) is 2.03. The summed E-state index contributed by atoms with van der Waals surface area (Å²) in [6.07, 6.45) is 0.840. The Morgan fingerprint density at radius 3 is 2.21 bits per heavy atom. The van der Waals surface area contributed by atoms with Gasteiger partial charge >= 0.3 is 0 Å². The molecule has 4 nitrogen and oxygen atoms in total. The van der Waals surface area contributed by atoms with Crippen LogP contribution in [0.2, 0.25) is 0 Å². The second kappa shape index (κ2) is 6.29. The number of Topliss-reactive ketones (excluding diaryl/α,β-unsaturated/α-hetero) is 2. The van der Waals surface area contributed by atoms with Crippen molar-refractivity contribution in [1.29, 1.82) is 0 Å². The van der Waals surface area contributed by atoms with Crippen LogP contribution in [0.1, 0.15) is 33.6 Å². The van der Waals surface area contributed by atoms with Gasteiger partial charge in [-0.25, -0.2) is 0 Å². The van der Waals surface area contributed by atoms with E-state index in [0.717, 1.165) is 0 Å². The summed E-state index contributed by atoms with van der Waals surface area (Å²) in [5, 5.41) is 2.48. The molecule has 0 unspecified atom stereocenters. The van der Waals surface area contributed by atoms with Crippen LogP contribution in [0.25, 0.3) is 0 Å². The summed E-state index contributed by atoms with van der Waals surface area (Å²) in [7, 11) is 0. The number of hydrogen-bond donors (Lipinski definition) is 1. The molecule has 0 aromatic heterocycles. The van der Waals surface area contributed by atoms with Crippen molar-refractivity contribution in [1.82, 2.24) is 5.32 Å². The summed E-state index contributed by atoms with van der Waals surface area (Å²) >= 11 is 0. The summed E-state index contributed by atoms with van der Waals surface area (Å²) in [5.41, 5.74) is 0. The number of carbonyl (C=O) groups is 3. The summed E-state index contributed by atoms with van der Waals surface area (Å²) in [4.78, 5) is 32.5. The normalized spacial score (nSPS) is 11.9. The molecule has 0 aliphatic rings. The van der Waals surface area contributed by atoms with Crippen molar-refractivity contribution < 1.29 is 14.4 Å². The molecule has 0 radical (unpaired) electrons. The van der Waals surface area contributed by atoms with E-state index in [0.29, 0.717) is 12.8 Å². The smallest absolute Gasteiger partial charge is 0.220 e. The lowest BCUT2D eigenvalue weighted by molar-refractivity contribution is -0.125. The Morgan fingerprint density at radius 1 is 1.21 bits per heavy atom. The topological polar surface area (TPSA) is 63.2 Å². The number of ketones is 2. The molecule has 0 heterocycles. The van der Waals surface area contributed by atoms with E-state index in [1.54, 1.807) is 6.92 Å². The Balaban J connectivity index is 3.64. The maximum Gasteiger partial charge on any atom is 0.220 e. The third-order valence-electron chi connectivity index (χ3n) is 2.03. The number of amides is 1.